The molecule has 0 unspecified atom stereocenters. The Labute approximate surface area is 469 Å². The number of rotatable bonds is 26. The minimum absolute atomic E-state index is 0.0130. The molecule has 9 rings (SSSR count). The molecule has 14 nitrogen and oxygen atoms in total. The standard InChI is InChI=1S/C63H68N4O10S3/c1-5-6-7-8-9-10-11-12-37-74-48-21-13-44(14-22-48)60-52-29-31-54(64-52)61(45-15-23-49(24-16-45)75-38-41-78(2,68)69)56-33-35-58(66-56)63(47-19-27-51(28-20-47)77-40-43-80(4,72)73)59-36-34-57(67-59)62(55-32-30-53(60)65-55)46-17-25-50(26-18-46)76-39-42-79(3,70)71/h13-36,64,67H,5-12,37-43H2,1-4H3. The number of fused-ring (bicyclic) bond motifs is 8. The number of sulfone groups is 3. The summed E-state index contributed by atoms with van der Waals surface area (Å²) in [7, 11) is -9.67. The van der Waals surface area contributed by atoms with Crippen LogP contribution < -0.4 is 18.9 Å². The van der Waals surface area contributed by atoms with Crippen LogP contribution in [0.1, 0.15) is 81.1 Å². The van der Waals surface area contributed by atoms with E-state index in [0.29, 0.717) is 40.9 Å². The summed E-state index contributed by atoms with van der Waals surface area (Å²) in [4.78, 5) is 18.4. The van der Waals surface area contributed by atoms with E-state index in [4.69, 9.17) is 28.9 Å². The third kappa shape index (κ3) is 15.5. The van der Waals surface area contributed by atoms with E-state index < -0.39 is 29.5 Å². The number of aromatic nitrogens is 4. The number of nitrogens with one attached hydrogen (secondary N) is 2. The number of H-pyrrole nitrogens is 2. The van der Waals surface area contributed by atoms with Gasteiger partial charge in [-0.1, -0.05) is 100 Å². The van der Waals surface area contributed by atoms with E-state index in [0.717, 1.165) is 90.9 Å². The van der Waals surface area contributed by atoms with Crippen molar-refractivity contribution in [1.82, 2.24) is 19.9 Å². The van der Waals surface area contributed by atoms with E-state index in [9.17, 15) is 25.3 Å². The molecule has 0 saturated heterocycles. The predicted molar refractivity (Wildman–Crippen MR) is 324 cm³/mol. The lowest BCUT2D eigenvalue weighted by Gasteiger charge is -2.10. The van der Waals surface area contributed by atoms with Gasteiger partial charge in [-0.3, -0.25) is 0 Å². The van der Waals surface area contributed by atoms with Gasteiger partial charge in [0.2, 0.25) is 0 Å². The van der Waals surface area contributed by atoms with Gasteiger partial charge in [-0.15, -0.1) is 0 Å². The highest BCUT2D eigenvalue weighted by Crippen LogP contribution is 2.40. The van der Waals surface area contributed by atoms with E-state index in [1.54, 1.807) is 0 Å². The van der Waals surface area contributed by atoms with Gasteiger partial charge in [0.05, 0.1) is 46.6 Å². The Morgan fingerprint density at radius 3 is 0.850 bits per heavy atom. The van der Waals surface area contributed by atoms with Crippen LogP contribution in [-0.2, 0) is 29.5 Å². The maximum absolute atomic E-state index is 11.9. The molecule has 7 aromatic rings. The highest BCUT2D eigenvalue weighted by atomic mass is 32.2. The van der Waals surface area contributed by atoms with Gasteiger partial charge in [0.1, 0.15) is 42.8 Å². The zero-order chi connectivity index (χ0) is 56.3. The van der Waals surface area contributed by atoms with Crippen LogP contribution in [0.3, 0.4) is 0 Å². The molecule has 80 heavy (non-hydrogen) atoms. The highest BCUT2D eigenvalue weighted by Gasteiger charge is 2.20. The fourth-order valence-electron chi connectivity index (χ4n) is 9.65. The number of unbranched alkanes of at least 4 members (excludes halogenated alkanes) is 7. The summed E-state index contributed by atoms with van der Waals surface area (Å²) in [6, 6.07) is 38.8. The molecule has 3 aromatic heterocycles. The van der Waals surface area contributed by atoms with Crippen LogP contribution in [0, 0.1) is 0 Å². The third-order valence-corrected chi connectivity index (χ3v) is 16.5. The Balaban J connectivity index is 1.21. The fraction of sp³-hybridized carbons (Fsp3) is 0.302. The monoisotopic (exact) mass is 1140 g/mol. The lowest BCUT2D eigenvalue weighted by Crippen LogP contribution is -2.11. The first-order valence-corrected chi connectivity index (χ1v) is 33.3. The molecule has 0 atom stereocenters. The third-order valence-electron chi connectivity index (χ3n) is 13.8. The van der Waals surface area contributed by atoms with Crippen molar-refractivity contribution in [2.24, 2.45) is 0 Å². The van der Waals surface area contributed by atoms with E-state index in [2.05, 4.69) is 35.1 Å². The van der Waals surface area contributed by atoms with Crippen molar-refractivity contribution in [3.05, 3.63) is 144 Å². The summed E-state index contributed by atoms with van der Waals surface area (Å²) in [6.45, 7) is 2.94. The zero-order valence-corrected chi connectivity index (χ0v) is 48.1. The molecule has 0 spiro atoms. The second-order valence-corrected chi connectivity index (χ2v) is 27.1. The molecule has 5 heterocycles. The van der Waals surface area contributed by atoms with Crippen LogP contribution in [0.25, 0.3) is 90.9 Å². The fourth-order valence-corrected chi connectivity index (χ4v) is 10.8. The Morgan fingerprint density at radius 1 is 0.338 bits per heavy atom. The lowest BCUT2D eigenvalue weighted by atomic mass is 10.0. The Bertz CT molecular complexity index is 3810. The first-order valence-electron chi connectivity index (χ1n) is 27.1. The quantitative estimate of drug-likeness (QED) is 0.0488. The van der Waals surface area contributed by atoms with E-state index in [1.165, 1.54) is 57.3 Å². The number of nitrogens with zero attached hydrogens (tertiary/aromatic N) is 2. The van der Waals surface area contributed by atoms with Crippen LogP contribution in [0.15, 0.2) is 121 Å². The van der Waals surface area contributed by atoms with Crippen LogP contribution in [0.2, 0.25) is 0 Å². The van der Waals surface area contributed by atoms with Crippen molar-refractivity contribution in [2.45, 2.75) is 58.3 Å². The SMILES string of the molecule is CCCCCCCCCCOc1ccc(-c2c3nc(c(-c4ccc(OCCS(C)(=O)=O)cc4)c4ccc([nH]4)c(-c4ccc(OCCS(C)(=O)=O)cc4)c4nc(c(-c5ccc(OCCS(C)(=O)=O)cc5)c5ccc2[nH]5)C=C4)C=C3)cc1. The Hall–Kier alpha value is -7.47. The van der Waals surface area contributed by atoms with Crippen molar-refractivity contribution in [3.8, 4) is 67.5 Å². The summed E-state index contributed by atoms with van der Waals surface area (Å²) >= 11 is 0. The van der Waals surface area contributed by atoms with Crippen molar-refractivity contribution in [1.29, 1.82) is 0 Å². The number of ether oxygens (including phenoxy) is 4. The maximum atomic E-state index is 11.9. The average Bonchev–Trinajstić information content (AvgIpc) is 4.31. The molecule has 17 heteroatoms. The molecule has 2 aliphatic heterocycles. The first kappa shape index (κ1) is 57.2. The van der Waals surface area contributed by atoms with Gasteiger partial charge in [-0.25, -0.2) is 35.2 Å². The minimum Gasteiger partial charge on any atom is -0.494 e. The van der Waals surface area contributed by atoms with Gasteiger partial charge in [0.25, 0.3) is 0 Å². The van der Waals surface area contributed by atoms with Gasteiger partial charge >= 0.3 is 0 Å². The topological polar surface area (TPSA) is 197 Å². The van der Waals surface area contributed by atoms with Crippen LogP contribution in [-0.4, -0.2) is 108 Å². The number of hydrogen-bond acceptors (Lipinski definition) is 12. The van der Waals surface area contributed by atoms with Gasteiger partial charge in [0.15, 0.2) is 29.5 Å². The average molecular weight is 1140 g/mol. The lowest BCUT2D eigenvalue weighted by molar-refractivity contribution is 0.304. The maximum Gasteiger partial charge on any atom is 0.150 e. The first-order chi connectivity index (χ1) is 38.5. The molecular formula is C63H68N4O10S3. The predicted octanol–water partition coefficient (Wildman–Crippen LogP) is 13.1. The van der Waals surface area contributed by atoms with Gasteiger partial charge < -0.3 is 28.9 Å². The summed E-state index contributed by atoms with van der Waals surface area (Å²) in [5.41, 5.74) is 12.5. The molecule has 4 aromatic carbocycles. The minimum atomic E-state index is -3.23. The number of hydrogen-bond donors (Lipinski definition) is 2. The second-order valence-electron chi connectivity index (χ2n) is 20.4. The molecule has 0 amide bonds. The van der Waals surface area contributed by atoms with E-state index in [-0.39, 0.29) is 37.1 Å². The van der Waals surface area contributed by atoms with E-state index in [1.807, 2.05) is 127 Å². The Morgan fingerprint density at radius 2 is 0.588 bits per heavy atom. The van der Waals surface area contributed by atoms with Gasteiger partial charge in [0, 0.05) is 63.1 Å². The molecule has 0 fully saturated rings. The second kappa shape index (κ2) is 25.8. The smallest absolute Gasteiger partial charge is 0.150 e. The molecule has 0 radical (unpaired) electrons. The van der Waals surface area contributed by atoms with Crippen molar-refractivity contribution in [2.75, 3.05) is 62.5 Å². The number of aromatic amines is 2. The molecule has 0 aliphatic carbocycles. The molecule has 418 valence electrons. The Kier molecular flexibility index (Phi) is 18.4. The van der Waals surface area contributed by atoms with Crippen LogP contribution >= 0.6 is 0 Å². The number of benzene rings is 4. The summed E-state index contributed by atoms with van der Waals surface area (Å²) in [6.07, 6.45) is 21.3. The molecule has 2 aliphatic rings. The van der Waals surface area contributed by atoms with Crippen molar-refractivity contribution in [3.63, 3.8) is 0 Å². The van der Waals surface area contributed by atoms with Gasteiger partial charge in [-0.2, -0.15) is 0 Å². The van der Waals surface area contributed by atoms with E-state index >= 15 is 0 Å². The normalized spacial score (nSPS) is 12.4. The van der Waals surface area contributed by atoms with Crippen molar-refractivity contribution < 1.29 is 44.2 Å². The molecule has 2 N–H and O–H groups in total. The largest absolute Gasteiger partial charge is 0.494 e. The highest BCUT2D eigenvalue weighted by molar-refractivity contribution is 7.91. The molecular weight excluding hydrogens is 1070 g/mol. The summed E-state index contributed by atoms with van der Waals surface area (Å²) in [5.74, 6) is 2.03. The summed E-state index contributed by atoms with van der Waals surface area (Å²) in [5, 5.41) is 0. The van der Waals surface area contributed by atoms with Crippen LogP contribution in [0.5, 0.6) is 23.0 Å². The zero-order valence-electron chi connectivity index (χ0n) is 45.7. The summed E-state index contributed by atoms with van der Waals surface area (Å²) < 4.78 is 95.3. The van der Waals surface area contributed by atoms with Crippen molar-refractivity contribution >= 4 is 75.9 Å². The van der Waals surface area contributed by atoms with Gasteiger partial charge in [-0.05, 0) is 126 Å². The molecule has 8 bridgehead atoms. The molecule has 0 saturated carbocycles. The van der Waals surface area contributed by atoms with Crippen LogP contribution in [0.4, 0.5) is 0 Å².